The maximum atomic E-state index is 6.73. The number of likely N-dealkylation sites (N-methyl/N-ethyl adjacent to an activating group) is 1. The summed E-state index contributed by atoms with van der Waals surface area (Å²) in [6.45, 7) is 6.85. The molecule has 0 unspecified atom stereocenters. The Morgan fingerprint density at radius 3 is 2.25 bits per heavy atom. The maximum absolute atomic E-state index is 6.73. The third kappa shape index (κ3) is 3.40. The first-order chi connectivity index (χ1) is 11.6. The van der Waals surface area contributed by atoms with Crippen LogP contribution in [0.5, 0.6) is 0 Å². The van der Waals surface area contributed by atoms with Crippen LogP contribution < -0.4 is 0 Å². The van der Waals surface area contributed by atoms with Crippen molar-refractivity contribution in [2.75, 3.05) is 26.7 Å². The van der Waals surface area contributed by atoms with Crippen LogP contribution in [0.3, 0.4) is 0 Å². The second-order valence-corrected chi connectivity index (χ2v) is 8.40. The van der Waals surface area contributed by atoms with Gasteiger partial charge >= 0.3 is 0 Å². The summed E-state index contributed by atoms with van der Waals surface area (Å²) < 4.78 is 6.73. The van der Waals surface area contributed by atoms with Gasteiger partial charge in [0.2, 0.25) is 0 Å². The number of hydrogen-bond acceptors (Lipinski definition) is 3. The van der Waals surface area contributed by atoms with Gasteiger partial charge in [-0.05, 0) is 57.7 Å². The van der Waals surface area contributed by atoms with Crippen molar-refractivity contribution in [2.24, 2.45) is 0 Å². The van der Waals surface area contributed by atoms with E-state index >= 15 is 0 Å². The molecule has 2 saturated carbocycles. The fraction of sp³-hybridized carbons (Fsp3) is 0.714. The van der Waals surface area contributed by atoms with Gasteiger partial charge in [-0.2, -0.15) is 0 Å². The molecule has 4 rings (SSSR count). The predicted molar refractivity (Wildman–Crippen MR) is 98.1 cm³/mol. The molecule has 0 aromatic heterocycles. The summed E-state index contributed by atoms with van der Waals surface area (Å²) in [5, 5.41) is 0. The highest BCUT2D eigenvalue weighted by atomic mass is 16.5. The van der Waals surface area contributed by atoms with Gasteiger partial charge in [0, 0.05) is 25.7 Å². The molecule has 1 saturated heterocycles. The lowest BCUT2D eigenvalue weighted by Gasteiger charge is -2.50. The van der Waals surface area contributed by atoms with E-state index in [0.29, 0.717) is 6.04 Å². The topological polar surface area (TPSA) is 15.7 Å². The van der Waals surface area contributed by atoms with Crippen LogP contribution in [-0.4, -0.2) is 53.7 Å². The zero-order chi connectivity index (χ0) is 16.6. The van der Waals surface area contributed by atoms with Gasteiger partial charge < -0.3 is 4.74 Å². The van der Waals surface area contributed by atoms with Crippen LogP contribution in [-0.2, 0) is 11.3 Å². The number of benzene rings is 1. The van der Waals surface area contributed by atoms with Crippen molar-refractivity contribution < 1.29 is 4.74 Å². The van der Waals surface area contributed by atoms with Gasteiger partial charge in [0.1, 0.15) is 0 Å². The molecule has 1 aliphatic heterocycles. The standard InChI is InChI=1S/C21H32N2O/c1-3-23-16-20(24-21(17-23)13-14-21)11-9-19(10-12-20)22(2)15-18-7-5-4-6-8-18/h4-8,19H,3,9-17H2,1-2H3/t19-,20-. The summed E-state index contributed by atoms with van der Waals surface area (Å²) in [6.07, 6.45) is 7.57. The number of ether oxygens (including phenoxy) is 1. The summed E-state index contributed by atoms with van der Waals surface area (Å²) in [6, 6.07) is 11.6. The van der Waals surface area contributed by atoms with Crippen LogP contribution in [0.2, 0.25) is 0 Å². The average molecular weight is 329 g/mol. The van der Waals surface area contributed by atoms with Crippen molar-refractivity contribution in [3.63, 3.8) is 0 Å². The Morgan fingerprint density at radius 1 is 1.04 bits per heavy atom. The maximum Gasteiger partial charge on any atom is 0.0819 e. The Hall–Kier alpha value is -0.900. The number of nitrogens with zero attached hydrogens (tertiary/aromatic N) is 2. The Kier molecular flexibility index (Phi) is 4.44. The Balaban J connectivity index is 1.36. The molecule has 3 fully saturated rings. The zero-order valence-corrected chi connectivity index (χ0v) is 15.3. The Labute approximate surface area is 147 Å². The van der Waals surface area contributed by atoms with E-state index in [1.165, 1.54) is 57.2 Å². The van der Waals surface area contributed by atoms with Crippen molar-refractivity contribution >= 4 is 0 Å². The molecule has 2 spiro atoms. The number of rotatable bonds is 4. The normalized spacial score (nSPS) is 32.5. The molecule has 3 nitrogen and oxygen atoms in total. The van der Waals surface area contributed by atoms with Gasteiger partial charge in [-0.25, -0.2) is 0 Å². The van der Waals surface area contributed by atoms with E-state index < -0.39 is 0 Å². The van der Waals surface area contributed by atoms with Gasteiger partial charge in [-0.15, -0.1) is 0 Å². The molecule has 0 bridgehead atoms. The van der Waals surface area contributed by atoms with Crippen LogP contribution in [0.15, 0.2) is 30.3 Å². The molecule has 132 valence electrons. The minimum absolute atomic E-state index is 0.148. The monoisotopic (exact) mass is 328 g/mol. The molecule has 0 amide bonds. The van der Waals surface area contributed by atoms with Crippen molar-refractivity contribution in [3.05, 3.63) is 35.9 Å². The lowest BCUT2D eigenvalue weighted by molar-refractivity contribution is -0.186. The van der Waals surface area contributed by atoms with Crippen LogP contribution in [0.25, 0.3) is 0 Å². The van der Waals surface area contributed by atoms with E-state index in [4.69, 9.17) is 4.74 Å². The SMILES string of the molecule is CCN1CC2(CC2)O[C@]2(CC[C@H](N(C)Cc3ccccc3)CC2)C1. The summed E-state index contributed by atoms with van der Waals surface area (Å²) in [4.78, 5) is 5.19. The molecule has 3 heteroatoms. The minimum Gasteiger partial charge on any atom is -0.366 e. The van der Waals surface area contributed by atoms with E-state index in [1.54, 1.807) is 0 Å². The fourth-order valence-electron chi connectivity index (χ4n) is 4.85. The molecule has 0 radical (unpaired) electrons. The molecule has 0 atom stereocenters. The Morgan fingerprint density at radius 2 is 1.67 bits per heavy atom. The summed E-state index contributed by atoms with van der Waals surface area (Å²) in [5.41, 5.74) is 1.80. The largest absolute Gasteiger partial charge is 0.366 e. The lowest BCUT2D eigenvalue weighted by Crippen LogP contribution is -2.58. The fourth-order valence-corrected chi connectivity index (χ4v) is 4.85. The molecule has 1 aromatic rings. The van der Waals surface area contributed by atoms with E-state index in [-0.39, 0.29) is 11.2 Å². The predicted octanol–water partition coefficient (Wildman–Crippen LogP) is 3.68. The molecule has 24 heavy (non-hydrogen) atoms. The zero-order valence-electron chi connectivity index (χ0n) is 15.3. The van der Waals surface area contributed by atoms with Gasteiger partial charge in [-0.3, -0.25) is 9.80 Å². The van der Waals surface area contributed by atoms with Crippen LogP contribution >= 0.6 is 0 Å². The summed E-state index contributed by atoms with van der Waals surface area (Å²) in [5.74, 6) is 0. The highest BCUT2D eigenvalue weighted by Gasteiger charge is 2.55. The average Bonchev–Trinajstić information content (AvgIpc) is 3.33. The molecular formula is C21H32N2O. The van der Waals surface area contributed by atoms with E-state index in [9.17, 15) is 0 Å². The second kappa shape index (κ2) is 6.44. The van der Waals surface area contributed by atoms with E-state index in [2.05, 4.69) is 54.1 Å². The van der Waals surface area contributed by atoms with Crippen molar-refractivity contribution in [1.82, 2.24) is 9.80 Å². The molecule has 1 aromatic carbocycles. The molecular weight excluding hydrogens is 296 g/mol. The summed E-state index contributed by atoms with van der Waals surface area (Å²) >= 11 is 0. The highest BCUT2D eigenvalue weighted by molar-refractivity contribution is 5.14. The van der Waals surface area contributed by atoms with Gasteiger partial charge in [0.05, 0.1) is 11.2 Å². The first kappa shape index (κ1) is 16.6. The molecule has 3 aliphatic rings. The van der Waals surface area contributed by atoms with E-state index in [0.717, 1.165) is 13.1 Å². The lowest BCUT2D eigenvalue weighted by atomic mass is 9.79. The van der Waals surface area contributed by atoms with Crippen molar-refractivity contribution in [3.8, 4) is 0 Å². The van der Waals surface area contributed by atoms with Crippen molar-refractivity contribution in [1.29, 1.82) is 0 Å². The third-order valence-electron chi connectivity index (χ3n) is 6.48. The molecule has 0 N–H and O–H groups in total. The van der Waals surface area contributed by atoms with E-state index in [1.807, 2.05) is 0 Å². The first-order valence-corrected chi connectivity index (χ1v) is 9.79. The van der Waals surface area contributed by atoms with Gasteiger partial charge in [0.25, 0.3) is 0 Å². The van der Waals surface area contributed by atoms with Crippen molar-refractivity contribution in [2.45, 2.75) is 69.2 Å². The molecule has 2 aliphatic carbocycles. The van der Waals surface area contributed by atoms with Crippen LogP contribution in [0.1, 0.15) is 51.0 Å². The highest BCUT2D eigenvalue weighted by Crippen LogP contribution is 2.50. The van der Waals surface area contributed by atoms with Crippen LogP contribution in [0, 0.1) is 0 Å². The second-order valence-electron chi connectivity index (χ2n) is 8.40. The van der Waals surface area contributed by atoms with Gasteiger partial charge in [0.15, 0.2) is 0 Å². The smallest absolute Gasteiger partial charge is 0.0819 e. The molecule has 1 heterocycles. The summed E-state index contributed by atoms with van der Waals surface area (Å²) in [7, 11) is 2.29. The third-order valence-corrected chi connectivity index (χ3v) is 6.48. The van der Waals surface area contributed by atoms with Gasteiger partial charge in [-0.1, -0.05) is 37.3 Å². The van der Waals surface area contributed by atoms with Crippen LogP contribution in [0.4, 0.5) is 0 Å². The first-order valence-electron chi connectivity index (χ1n) is 9.79. The number of hydrogen-bond donors (Lipinski definition) is 0. The Bertz CT molecular complexity index is 546. The minimum atomic E-state index is 0.148. The quantitative estimate of drug-likeness (QED) is 0.838. The number of morpholine rings is 1.